The third-order valence-corrected chi connectivity index (χ3v) is 5.56. The van der Waals surface area contributed by atoms with Crippen molar-refractivity contribution < 1.29 is 13.9 Å². The number of nitrogens with zero attached hydrogens (tertiary/aromatic N) is 2. The van der Waals surface area contributed by atoms with Crippen LogP contribution < -0.4 is 10.1 Å². The Morgan fingerprint density at radius 3 is 3.00 bits per heavy atom. The third kappa shape index (κ3) is 3.17. The number of aromatic nitrogens is 1. The lowest BCUT2D eigenvalue weighted by atomic mass is 9.77. The number of carbonyl (C=O) groups excluding carboxylic acids is 1. The molecule has 2 aliphatic heterocycles. The predicted octanol–water partition coefficient (Wildman–Crippen LogP) is 2.24. The van der Waals surface area contributed by atoms with Gasteiger partial charge in [-0.3, -0.25) is 14.7 Å². The van der Waals surface area contributed by atoms with Gasteiger partial charge in [-0.2, -0.15) is 0 Å². The Morgan fingerprint density at radius 2 is 2.19 bits per heavy atom. The van der Waals surface area contributed by atoms with Gasteiger partial charge in [0.2, 0.25) is 5.91 Å². The molecule has 0 aliphatic carbocycles. The Balaban J connectivity index is 1.44. The summed E-state index contributed by atoms with van der Waals surface area (Å²) in [4.78, 5) is 18.8. The maximum Gasteiger partial charge on any atom is 0.228 e. The SMILES string of the molecule is O=C1NC[C@@H](COc2cccnc2)[C@]12CCN(Cc1ccccc1F)C2. The highest BCUT2D eigenvalue weighted by atomic mass is 19.1. The Bertz CT molecular complexity index is 786. The van der Waals surface area contributed by atoms with Crippen LogP contribution in [-0.4, -0.2) is 42.0 Å². The van der Waals surface area contributed by atoms with Crippen LogP contribution in [0.25, 0.3) is 0 Å². The van der Waals surface area contributed by atoms with Crippen molar-refractivity contribution in [2.45, 2.75) is 13.0 Å². The van der Waals surface area contributed by atoms with Crippen molar-refractivity contribution in [3.05, 3.63) is 60.2 Å². The van der Waals surface area contributed by atoms with Crippen LogP contribution in [0.1, 0.15) is 12.0 Å². The number of carbonyl (C=O) groups is 1. The van der Waals surface area contributed by atoms with Crippen molar-refractivity contribution in [1.29, 1.82) is 0 Å². The summed E-state index contributed by atoms with van der Waals surface area (Å²) in [5, 5.41) is 3.00. The minimum atomic E-state index is -0.451. The molecule has 0 saturated carbocycles. The average molecular weight is 355 g/mol. The molecule has 0 unspecified atom stereocenters. The minimum absolute atomic E-state index is 0.0910. The number of hydrogen-bond acceptors (Lipinski definition) is 4. The molecule has 1 aromatic carbocycles. The molecule has 26 heavy (non-hydrogen) atoms. The first-order valence-electron chi connectivity index (χ1n) is 8.94. The van der Waals surface area contributed by atoms with E-state index in [0.29, 0.717) is 37.6 Å². The summed E-state index contributed by atoms with van der Waals surface area (Å²) in [7, 11) is 0. The van der Waals surface area contributed by atoms with E-state index in [9.17, 15) is 9.18 Å². The maximum absolute atomic E-state index is 13.9. The number of amides is 1. The smallest absolute Gasteiger partial charge is 0.228 e. The zero-order chi connectivity index (χ0) is 18.0. The second-order valence-electron chi connectivity index (χ2n) is 7.11. The van der Waals surface area contributed by atoms with Gasteiger partial charge < -0.3 is 10.1 Å². The normalized spacial score (nSPS) is 25.6. The van der Waals surface area contributed by atoms with Crippen LogP contribution in [-0.2, 0) is 11.3 Å². The molecule has 136 valence electrons. The molecule has 1 aromatic heterocycles. The van der Waals surface area contributed by atoms with Crippen LogP contribution in [0.3, 0.4) is 0 Å². The standard InChI is InChI=1S/C20H22FN3O2/c21-18-6-2-1-4-15(18)12-24-9-7-20(14-24)16(10-23-19(20)25)13-26-17-5-3-8-22-11-17/h1-6,8,11,16H,7,9-10,12-14H2,(H,23,25)/t16-,20+/m0/s1. The number of likely N-dealkylation sites (tertiary alicyclic amines) is 1. The molecule has 2 aliphatic rings. The van der Waals surface area contributed by atoms with Gasteiger partial charge in [0.15, 0.2) is 0 Å². The lowest BCUT2D eigenvalue weighted by molar-refractivity contribution is -0.128. The molecule has 1 amide bonds. The first-order valence-corrected chi connectivity index (χ1v) is 8.94. The molecule has 2 aromatic rings. The molecule has 2 fully saturated rings. The van der Waals surface area contributed by atoms with E-state index in [2.05, 4.69) is 15.2 Å². The number of hydrogen-bond donors (Lipinski definition) is 1. The molecule has 4 rings (SSSR count). The summed E-state index contributed by atoms with van der Waals surface area (Å²) in [6.07, 6.45) is 4.15. The Kier molecular flexibility index (Phi) is 4.59. The van der Waals surface area contributed by atoms with Crippen molar-refractivity contribution in [1.82, 2.24) is 15.2 Å². The highest BCUT2D eigenvalue weighted by molar-refractivity contribution is 5.86. The zero-order valence-electron chi connectivity index (χ0n) is 14.5. The van der Waals surface area contributed by atoms with Crippen molar-refractivity contribution in [3.63, 3.8) is 0 Å². The molecule has 5 nitrogen and oxygen atoms in total. The number of rotatable bonds is 5. The summed E-state index contributed by atoms with van der Waals surface area (Å²) < 4.78 is 19.8. The summed E-state index contributed by atoms with van der Waals surface area (Å²) in [6, 6.07) is 10.5. The molecule has 1 spiro atoms. The largest absolute Gasteiger partial charge is 0.492 e. The molecule has 1 N–H and O–H groups in total. The number of nitrogens with one attached hydrogen (secondary N) is 1. The van der Waals surface area contributed by atoms with Crippen LogP contribution in [0.2, 0.25) is 0 Å². The third-order valence-electron chi connectivity index (χ3n) is 5.56. The highest BCUT2D eigenvalue weighted by Gasteiger charge is 2.54. The second kappa shape index (κ2) is 7.03. The van der Waals surface area contributed by atoms with Crippen molar-refractivity contribution >= 4 is 5.91 Å². The fraction of sp³-hybridized carbons (Fsp3) is 0.400. The minimum Gasteiger partial charge on any atom is -0.492 e. The van der Waals surface area contributed by atoms with E-state index in [-0.39, 0.29) is 17.6 Å². The van der Waals surface area contributed by atoms with Crippen molar-refractivity contribution in [2.75, 3.05) is 26.2 Å². The molecular weight excluding hydrogens is 333 g/mol. The lowest BCUT2D eigenvalue weighted by Gasteiger charge is -2.28. The van der Waals surface area contributed by atoms with Gasteiger partial charge in [-0.15, -0.1) is 0 Å². The van der Waals surface area contributed by atoms with E-state index >= 15 is 0 Å². The summed E-state index contributed by atoms with van der Waals surface area (Å²) in [5.74, 6) is 0.707. The van der Waals surface area contributed by atoms with Gasteiger partial charge in [-0.05, 0) is 31.2 Å². The van der Waals surface area contributed by atoms with Crippen LogP contribution in [0, 0.1) is 17.2 Å². The maximum atomic E-state index is 13.9. The first-order chi connectivity index (χ1) is 12.7. The van der Waals surface area contributed by atoms with Crippen LogP contribution in [0.15, 0.2) is 48.8 Å². The summed E-state index contributed by atoms with van der Waals surface area (Å²) in [5.41, 5.74) is 0.221. The monoisotopic (exact) mass is 355 g/mol. The fourth-order valence-electron chi connectivity index (χ4n) is 4.06. The molecule has 2 atom stereocenters. The van der Waals surface area contributed by atoms with Crippen LogP contribution in [0.4, 0.5) is 4.39 Å². The van der Waals surface area contributed by atoms with E-state index < -0.39 is 5.41 Å². The van der Waals surface area contributed by atoms with E-state index in [1.54, 1.807) is 24.5 Å². The van der Waals surface area contributed by atoms with Gasteiger partial charge in [-0.25, -0.2) is 4.39 Å². The van der Waals surface area contributed by atoms with Crippen molar-refractivity contribution in [3.8, 4) is 5.75 Å². The molecular formula is C20H22FN3O2. The summed E-state index contributed by atoms with van der Waals surface area (Å²) in [6.45, 7) is 3.03. The zero-order valence-corrected chi connectivity index (χ0v) is 14.5. The second-order valence-corrected chi connectivity index (χ2v) is 7.11. The van der Waals surface area contributed by atoms with Gasteiger partial charge in [0.05, 0.1) is 18.2 Å². The van der Waals surface area contributed by atoms with Crippen LogP contribution >= 0.6 is 0 Å². The van der Waals surface area contributed by atoms with Gasteiger partial charge in [0.25, 0.3) is 0 Å². The van der Waals surface area contributed by atoms with Crippen molar-refractivity contribution in [2.24, 2.45) is 11.3 Å². The molecule has 6 heteroatoms. The quantitative estimate of drug-likeness (QED) is 0.894. The van der Waals surface area contributed by atoms with Crippen LogP contribution in [0.5, 0.6) is 5.75 Å². The molecule has 2 saturated heterocycles. The van der Waals surface area contributed by atoms with Gasteiger partial charge in [-0.1, -0.05) is 18.2 Å². The predicted molar refractivity (Wildman–Crippen MR) is 95.0 cm³/mol. The average Bonchev–Trinajstić information content (AvgIpc) is 3.22. The van der Waals surface area contributed by atoms with Gasteiger partial charge >= 0.3 is 0 Å². The van der Waals surface area contributed by atoms with E-state index in [1.165, 1.54) is 6.07 Å². The van der Waals surface area contributed by atoms with E-state index in [4.69, 9.17) is 4.74 Å². The lowest BCUT2D eigenvalue weighted by Crippen LogP contribution is -2.40. The Labute approximate surface area is 152 Å². The molecule has 3 heterocycles. The number of ether oxygens (including phenoxy) is 1. The highest BCUT2D eigenvalue weighted by Crippen LogP contribution is 2.42. The van der Waals surface area contributed by atoms with E-state index in [0.717, 1.165) is 13.0 Å². The number of pyridine rings is 1. The molecule has 0 radical (unpaired) electrons. The molecule has 0 bridgehead atoms. The number of benzene rings is 1. The Morgan fingerprint density at radius 1 is 1.31 bits per heavy atom. The topological polar surface area (TPSA) is 54.5 Å². The first kappa shape index (κ1) is 17.0. The Hall–Kier alpha value is -2.47. The van der Waals surface area contributed by atoms with Gasteiger partial charge in [0.1, 0.15) is 11.6 Å². The summed E-state index contributed by atoms with van der Waals surface area (Å²) >= 11 is 0. The van der Waals surface area contributed by atoms with E-state index in [1.807, 2.05) is 18.2 Å². The van der Waals surface area contributed by atoms with Gasteiger partial charge in [0, 0.05) is 37.3 Å². The number of halogens is 1. The fourth-order valence-corrected chi connectivity index (χ4v) is 4.06.